The first-order valence-corrected chi connectivity index (χ1v) is 9.14. The van der Waals surface area contributed by atoms with Crippen molar-refractivity contribution < 1.29 is 50.5 Å². The minimum Gasteiger partial charge on any atom is -0.421 e. The number of benzene rings is 2. The summed E-state index contributed by atoms with van der Waals surface area (Å²) in [5.41, 5.74) is -1.10. The number of non-ortho nitro benzene ring substituents is 2. The minimum absolute atomic E-state index is 0.140. The van der Waals surface area contributed by atoms with Gasteiger partial charge in [-0.15, -0.1) is 0 Å². The lowest BCUT2D eigenvalue weighted by Gasteiger charge is -2.24. The second-order valence-electron chi connectivity index (χ2n) is 6.80. The van der Waals surface area contributed by atoms with E-state index in [1.165, 1.54) is 0 Å². The van der Waals surface area contributed by atoms with Crippen LogP contribution < -0.4 is 0 Å². The summed E-state index contributed by atoms with van der Waals surface area (Å²) in [7, 11) is 0. The van der Waals surface area contributed by atoms with Crippen molar-refractivity contribution in [2.24, 2.45) is 0 Å². The van der Waals surface area contributed by atoms with E-state index in [1.807, 2.05) is 0 Å². The second-order valence-corrected chi connectivity index (χ2v) is 6.80. The molecule has 0 saturated heterocycles. The van der Waals surface area contributed by atoms with Crippen LogP contribution >= 0.6 is 0 Å². The van der Waals surface area contributed by atoms with E-state index in [0.29, 0.717) is 0 Å². The number of carbonyl (C=O) groups excluding carboxylic acids is 1. The standard InChI is InChI=1S/C19H14F6N2O7/c20-18(21,22)15(9-11-1-5-13(6-2-11)26(29)30)33-17(28)34-16(19(23,24)25)10-12-3-7-14(8-4-12)27(31)32/h1-8,15-16H,9-10H2/t15-,16-/m0/s1. The van der Waals surface area contributed by atoms with Gasteiger partial charge in [0.1, 0.15) is 0 Å². The molecule has 0 saturated carbocycles. The first-order valence-electron chi connectivity index (χ1n) is 9.14. The zero-order valence-corrected chi connectivity index (χ0v) is 16.7. The number of halogens is 6. The van der Waals surface area contributed by atoms with E-state index in [1.54, 1.807) is 0 Å². The van der Waals surface area contributed by atoms with Crippen molar-refractivity contribution in [3.63, 3.8) is 0 Å². The maximum Gasteiger partial charge on any atom is 0.509 e. The predicted octanol–water partition coefficient (Wildman–Crippen LogP) is 5.30. The molecule has 0 fully saturated rings. The molecule has 0 aromatic heterocycles. The Labute approximate surface area is 186 Å². The Kier molecular flexibility index (Phi) is 8.02. The number of ether oxygens (including phenoxy) is 2. The lowest BCUT2D eigenvalue weighted by Crippen LogP contribution is -2.40. The van der Waals surface area contributed by atoms with Gasteiger partial charge < -0.3 is 9.47 Å². The molecule has 34 heavy (non-hydrogen) atoms. The molecule has 15 heteroatoms. The lowest BCUT2D eigenvalue weighted by atomic mass is 10.1. The SMILES string of the molecule is O=C(O[C@@H](Cc1ccc([N+](=O)[O-])cc1)C(F)(F)F)O[C@@H](Cc1ccc([N+](=O)[O-])cc1)C(F)(F)F. The van der Waals surface area contributed by atoms with Crippen LogP contribution in [0.25, 0.3) is 0 Å². The molecule has 9 nitrogen and oxygen atoms in total. The molecule has 0 amide bonds. The molecule has 184 valence electrons. The Balaban J connectivity index is 2.12. The van der Waals surface area contributed by atoms with E-state index < -0.39 is 64.8 Å². The van der Waals surface area contributed by atoms with Crippen molar-refractivity contribution in [1.29, 1.82) is 0 Å². The third-order valence-corrected chi connectivity index (χ3v) is 4.34. The first kappa shape index (κ1) is 26.3. The molecule has 0 bridgehead atoms. The number of hydrogen-bond acceptors (Lipinski definition) is 7. The molecule has 2 aromatic rings. The van der Waals surface area contributed by atoms with Crippen molar-refractivity contribution in [1.82, 2.24) is 0 Å². The number of carbonyl (C=O) groups is 1. The van der Waals surface area contributed by atoms with Gasteiger partial charge in [-0.2, -0.15) is 26.3 Å². The molecule has 2 aromatic carbocycles. The topological polar surface area (TPSA) is 122 Å². The van der Waals surface area contributed by atoms with Crippen LogP contribution in [0.2, 0.25) is 0 Å². The summed E-state index contributed by atoms with van der Waals surface area (Å²) in [6, 6.07) is 7.51. The summed E-state index contributed by atoms with van der Waals surface area (Å²) in [5, 5.41) is 21.2. The van der Waals surface area contributed by atoms with Gasteiger partial charge >= 0.3 is 18.5 Å². The van der Waals surface area contributed by atoms with E-state index in [4.69, 9.17) is 0 Å². The van der Waals surface area contributed by atoms with Crippen molar-refractivity contribution in [3.05, 3.63) is 79.9 Å². The van der Waals surface area contributed by atoms with Crippen LogP contribution in [0.4, 0.5) is 42.5 Å². The monoisotopic (exact) mass is 496 g/mol. The van der Waals surface area contributed by atoms with Gasteiger partial charge in [0.25, 0.3) is 11.4 Å². The molecule has 2 rings (SSSR count). The molecule has 0 aliphatic heterocycles. The largest absolute Gasteiger partial charge is 0.509 e. The Hall–Kier alpha value is -3.91. The maximum absolute atomic E-state index is 13.3. The van der Waals surface area contributed by atoms with Crippen molar-refractivity contribution in [2.75, 3.05) is 0 Å². The van der Waals surface area contributed by atoms with Gasteiger partial charge in [-0.1, -0.05) is 24.3 Å². The number of hydrogen-bond donors (Lipinski definition) is 0. The molecule has 0 heterocycles. The smallest absolute Gasteiger partial charge is 0.421 e. The Morgan fingerprint density at radius 3 is 1.24 bits per heavy atom. The van der Waals surface area contributed by atoms with Crippen LogP contribution in [-0.4, -0.2) is 40.6 Å². The fraction of sp³-hybridized carbons (Fsp3) is 0.316. The van der Waals surface area contributed by atoms with Gasteiger partial charge in [0.05, 0.1) is 9.85 Å². The quantitative estimate of drug-likeness (QED) is 0.210. The number of alkyl halides is 6. The van der Waals surface area contributed by atoms with Crippen molar-refractivity contribution in [2.45, 2.75) is 37.4 Å². The molecule has 0 aliphatic rings. The summed E-state index contributed by atoms with van der Waals surface area (Å²) < 4.78 is 87.9. The molecule has 0 unspecified atom stereocenters. The minimum atomic E-state index is -5.19. The van der Waals surface area contributed by atoms with Crippen LogP contribution in [0.5, 0.6) is 0 Å². The molecule has 2 atom stereocenters. The van der Waals surface area contributed by atoms with Crippen LogP contribution in [-0.2, 0) is 22.3 Å². The molecular formula is C19H14F6N2O7. The molecule has 0 aliphatic carbocycles. The third-order valence-electron chi connectivity index (χ3n) is 4.34. The normalized spacial score (nSPS) is 13.6. The lowest BCUT2D eigenvalue weighted by molar-refractivity contribution is -0.385. The van der Waals surface area contributed by atoms with E-state index in [2.05, 4.69) is 9.47 Å². The highest BCUT2D eigenvalue weighted by molar-refractivity contribution is 5.60. The highest BCUT2D eigenvalue weighted by atomic mass is 19.4. The summed E-state index contributed by atoms with van der Waals surface area (Å²) in [5.74, 6) is 0. The first-order chi connectivity index (χ1) is 15.7. The summed E-state index contributed by atoms with van der Waals surface area (Å²) in [6.45, 7) is 0. The summed E-state index contributed by atoms with van der Waals surface area (Å²) in [6.07, 6.45) is -20.5. The van der Waals surface area contributed by atoms with Gasteiger partial charge in [0, 0.05) is 37.1 Å². The maximum atomic E-state index is 13.3. The van der Waals surface area contributed by atoms with E-state index in [0.717, 1.165) is 48.5 Å². The van der Waals surface area contributed by atoms with Crippen molar-refractivity contribution in [3.8, 4) is 0 Å². The Bertz CT molecular complexity index is 942. The zero-order valence-electron chi connectivity index (χ0n) is 16.7. The Morgan fingerprint density at radius 1 is 0.706 bits per heavy atom. The molecule has 0 N–H and O–H groups in total. The van der Waals surface area contributed by atoms with Crippen LogP contribution in [0.3, 0.4) is 0 Å². The fourth-order valence-corrected chi connectivity index (χ4v) is 2.64. The van der Waals surface area contributed by atoms with Crippen LogP contribution in [0.15, 0.2) is 48.5 Å². The highest BCUT2D eigenvalue weighted by Crippen LogP contribution is 2.30. The third kappa shape index (κ3) is 7.60. The molecule has 0 radical (unpaired) electrons. The van der Waals surface area contributed by atoms with Gasteiger partial charge in [0.2, 0.25) is 12.2 Å². The number of nitrogens with zero attached hydrogens (tertiary/aromatic N) is 2. The highest BCUT2D eigenvalue weighted by Gasteiger charge is 2.46. The van der Waals surface area contributed by atoms with Gasteiger partial charge in [-0.3, -0.25) is 20.2 Å². The van der Waals surface area contributed by atoms with E-state index in [-0.39, 0.29) is 11.1 Å². The predicted molar refractivity (Wildman–Crippen MR) is 101 cm³/mol. The number of rotatable bonds is 8. The van der Waals surface area contributed by atoms with Gasteiger partial charge in [0.15, 0.2) is 0 Å². The summed E-state index contributed by atoms with van der Waals surface area (Å²) in [4.78, 5) is 31.5. The zero-order chi connectivity index (χ0) is 25.7. The number of nitro benzene ring substituents is 2. The fourth-order valence-electron chi connectivity index (χ4n) is 2.64. The average Bonchev–Trinajstić information content (AvgIpc) is 2.72. The van der Waals surface area contributed by atoms with Gasteiger partial charge in [-0.25, -0.2) is 4.79 Å². The second kappa shape index (κ2) is 10.4. The van der Waals surface area contributed by atoms with E-state index >= 15 is 0 Å². The van der Waals surface area contributed by atoms with E-state index in [9.17, 15) is 51.4 Å². The average molecular weight is 496 g/mol. The van der Waals surface area contributed by atoms with Crippen molar-refractivity contribution >= 4 is 17.5 Å². The molecule has 0 spiro atoms. The Morgan fingerprint density at radius 2 is 1.00 bits per heavy atom. The summed E-state index contributed by atoms with van der Waals surface area (Å²) >= 11 is 0. The van der Waals surface area contributed by atoms with Gasteiger partial charge in [-0.05, 0) is 11.1 Å². The van der Waals surface area contributed by atoms with Crippen LogP contribution in [0, 0.1) is 20.2 Å². The van der Waals surface area contributed by atoms with Crippen LogP contribution in [0.1, 0.15) is 11.1 Å². The number of nitro groups is 2. The molecular weight excluding hydrogens is 482 g/mol.